The molecule has 80 valence electrons. The topological polar surface area (TPSA) is 24.9 Å². The third kappa shape index (κ3) is 2.59. The molecule has 1 aliphatic heterocycles. The normalized spacial score (nSPS) is 14.1. The van der Waals surface area contributed by atoms with Crippen molar-refractivity contribution in [1.29, 1.82) is 0 Å². The number of halogens is 1. The molecule has 1 aliphatic rings. The van der Waals surface area contributed by atoms with Crippen LogP contribution in [-0.4, -0.2) is 11.5 Å². The number of rotatable bonds is 3. The van der Waals surface area contributed by atoms with E-state index in [1.165, 1.54) is 30.4 Å². The highest BCUT2D eigenvalue weighted by atomic mass is 79.9. The molecule has 1 aromatic heterocycles. The van der Waals surface area contributed by atoms with Crippen LogP contribution in [0.4, 0.5) is 5.82 Å². The summed E-state index contributed by atoms with van der Waals surface area (Å²) in [5.41, 5.74) is 2.67. The van der Waals surface area contributed by atoms with Crippen molar-refractivity contribution in [2.24, 2.45) is 0 Å². The average molecular weight is 267 g/mol. The fourth-order valence-electron chi connectivity index (χ4n) is 1.75. The monoisotopic (exact) mass is 266 g/mol. The molecule has 0 saturated heterocycles. The Hall–Kier alpha value is -0.830. The van der Waals surface area contributed by atoms with Gasteiger partial charge in [-0.25, -0.2) is 4.98 Å². The van der Waals surface area contributed by atoms with Crippen LogP contribution in [0.15, 0.2) is 22.3 Å². The Morgan fingerprint density at radius 2 is 2.40 bits per heavy atom. The summed E-state index contributed by atoms with van der Waals surface area (Å²) in [6.45, 7) is 3.17. The standard InChI is InChI=1S/C12H15BrN2/c1-2-3-4-9-5-10-6-11(13)8-15-12(10)14-7-9/h5-6,8H,2-4,7H2,1H3,(H,14,15). The molecule has 0 unspecified atom stereocenters. The maximum atomic E-state index is 4.33. The van der Waals surface area contributed by atoms with Crippen molar-refractivity contribution in [3.05, 3.63) is 27.9 Å². The van der Waals surface area contributed by atoms with Crippen LogP contribution in [-0.2, 0) is 0 Å². The van der Waals surface area contributed by atoms with E-state index < -0.39 is 0 Å². The Labute approximate surface area is 98.9 Å². The molecule has 0 aliphatic carbocycles. The fraction of sp³-hybridized carbons (Fsp3) is 0.417. The molecule has 0 saturated carbocycles. The van der Waals surface area contributed by atoms with Crippen LogP contribution in [0.5, 0.6) is 0 Å². The molecule has 0 fully saturated rings. The summed E-state index contributed by atoms with van der Waals surface area (Å²) in [6.07, 6.45) is 7.80. The van der Waals surface area contributed by atoms with Gasteiger partial charge in [0.05, 0.1) is 0 Å². The number of aromatic nitrogens is 1. The second-order valence-corrected chi connectivity index (χ2v) is 4.77. The first-order chi connectivity index (χ1) is 7.29. The maximum absolute atomic E-state index is 4.33. The lowest BCUT2D eigenvalue weighted by molar-refractivity contribution is 0.781. The smallest absolute Gasteiger partial charge is 0.133 e. The number of pyridine rings is 1. The fourth-order valence-corrected chi connectivity index (χ4v) is 2.09. The van der Waals surface area contributed by atoms with E-state index in [-0.39, 0.29) is 0 Å². The molecular weight excluding hydrogens is 252 g/mol. The van der Waals surface area contributed by atoms with E-state index in [1.54, 1.807) is 0 Å². The van der Waals surface area contributed by atoms with Gasteiger partial charge in [-0.15, -0.1) is 0 Å². The third-order valence-corrected chi connectivity index (χ3v) is 3.01. The average Bonchev–Trinajstić information content (AvgIpc) is 2.25. The zero-order chi connectivity index (χ0) is 10.7. The summed E-state index contributed by atoms with van der Waals surface area (Å²) >= 11 is 3.44. The summed E-state index contributed by atoms with van der Waals surface area (Å²) in [5.74, 6) is 0.999. The van der Waals surface area contributed by atoms with Crippen LogP contribution in [0.3, 0.4) is 0 Å². The third-order valence-electron chi connectivity index (χ3n) is 2.58. The van der Waals surface area contributed by atoms with E-state index in [0.29, 0.717) is 0 Å². The molecular formula is C12H15BrN2. The van der Waals surface area contributed by atoms with Gasteiger partial charge in [0, 0.05) is 22.8 Å². The van der Waals surface area contributed by atoms with E-state index in [1.807, 2.05) is 6.20 Å². The number of unbranched alkanes of at least 4 members (excludes halogenated alkanes) is 1. The summed E-state index contributed by atoms with van der Waals surface area (Å²) in [5, 5.41) is 3.35. The minimum Gasteiger partial charge on any atom is -0.366 e. The molecule has 0 amide bonds. The van der Waals surface area contributed by atoms with Crippen LogP contribution in [0.2, 0.25) is 0 Å². The largest absolute Gasteiger partial charge is 0.366 e. The molecule has 0 bridgehead atoms. The van der Waals surface area contributed by atoms with Gasteiger partial charge < -0.3 is 5.32 Å². The summed E-state index contributed by atoms with van der Waals surface area (Å²) < 4.78 is 1.04. The highest BCUT2D eigenvalue weighted by Crippen LogP contribution is 2.26. The van der Waals surface area contributed by atoms with E-state index in [4.69, 9.17) is 0 Å². The molecule has 1 N–H and O–H groups in total. The molecule has 0 aromatic carbocycles. The highest BCUT2D eigenvalue weighted by Gasteiger charge is 2.10. The van der Waals surface area contributed by atoms with Crippen molar-refractivity contribution in [1.82, 2.24) is 4.98 Å². The molecule has 2 heterocycles. The van der Waals surface area contributed by atoms with Crippen LogP contribution < -0.4 is 5.32 Å². The highest BCUT2D eigenvalue weighted by molar-refractivity contribution is 9.10. The summed E-state index contributed by atoms with van der Waals surface area (Å²) in [6, 6.07) is 2.11. The van der Waals surface area contributed by atoms with Crippen LogP contribution >= 0.6 is 15.9 Å². The number of nitrogens with one attached hydrogen (secondary N) is 1. The van der Waals surface area contributed by atoms with Crippen molar-refractivity contribution < 1.29 is 0 Å². The molecule has 2 rings (SSSR count). The lowest BCUT2D eigenvalue weighted by Crippen LogP contribution is -2.11. The number of anilines is 1. The van der Waals surface area contributed by atoms with E-state index >= 15 is 0 Å². The minimum absolute atomic E-state index is 0.946. The first kappa shape index (κ1) is 10.7. The van der Waals surface area contributed by atoms with E-state index in [2.05, 4.69) is 45.3 Å². The first-order valence-electron chi connectivity index (χ1n) is 5.38. The van der Waals surface area contributed by atoms with Gasteiger partial charge in [0.15, 0.2) is 0 Å². The molecule has 0 radical (unpaired) electrons. The van der Waals surface area contributed by atoms with Gasteiger partial charge in [-0.3, -0.25) is 0 Å². The van der Waals surface area contributed by atoms with Crippen LogP contribution in [0, 0.1) is 0 Å². The van der Waals surface area contributed by atoms with Gasteiger partial charge in [0.1, 0.15) is 5.82 Å². The van der Waals surface area contributed by atoms with Gasteiger partial charge in [-0.05, 0) is 34.8 Å². The van der Waals surface area contributed by atoms with E-state index in [0.717, 1.165) is 16.8 Å². The van der Waals surface area contributed by atoms with Gasteiger partial charge in [0.2, 0.25) is 0 Å². The van der Waals surface area contributed by atoms with Crippen molar-refractivity contribution in [2.45, 2.75) is 26.2 Å². The molecule has 2 nitrogen and oxygen atoms in total. The van der Waals surface area contributed by atoms with Crippen molar-refractivity contribution >= 4 is 27.8 Å². The van der Waals surface area contributed by atoms with Crippen LogP contribution in [0.25, 0.3) is 6.08 Å². The Bertz CT molecular complexity index is 385. The van der Waals surface area contributed by atoms with Crippen molar-refractivity contribution in [2.75, 3.05) is 11.9 Å². The van der Waals surface area contributed by atoms with Gasteiger partial charge >= 0.3 is 0 Å². The molecule has 15 heavy (non-hydrogen) atoms. The summed E-state index contributed by atoms with van der Waals surface area (Å²) in [7, 11) is 0. The quantitative estimate of drug-likeness (QED) is 0.899. The maximum Gasteiger partial charge on any atom is 0.133 e. The lowest BCUT2D eigenvalue weighted by atomic mass is 10.0. The second kappa shape index (κ2) is 4.79. The zero-order valence-electron chi connectivity index (χ0n) is 8.89. The Kier molecular flexibility index (Phi) is 3.41. The Balaban J connectivity index is 2.20. The number of nitrogens with zero attached hydrogens (tertiary/aromatic N) is 1. The van der Waals surface area contributed by atoms with Crippen molar-refractivity contribution in [3.63, 3.8) is 0 Å². The predicted octanol–water partition coefficient (Wildman–Crippen LogP) is 3.84. The minimum atomic E-state index is 0.946. The number of hydrogen-bond acceptors (Lipinski definition) is 2. The summed E-state index contributed by atoms with van der Waals surface area (Å²) in [4.78, 5) is 4.33. The van der Waals surface area contributed by atoms with Gasteiger partial charge in [-0.1, -0.05) is 25.0 Å². The van der Waals surface area contributed by atoms with Crippen LogP contribution in [0.1, 0.15) is 31.7 Å². The zero-order valence-corrected chi connectivity index (χ0v) is 10.5. The van der Waals surface area contributed by atoms with E-state index in [9.17, 15) is 0 Å². The number of hydrogen-bond donors (Lipinski definition) is 1. The lowest BCUT2D eigenvalue weighted by Gasteiger charge is -2.17. The Morgan fingerprint density at radius 3 is 3.20 bits per heavy atom. The van der Waals surface area contributed by atoms with Crippen molar-refractivity contribution in [3.8, 4) is 0 Å². The predicted molar refractivity (Wildman–Crippen MR) is 67.9 cm³/mol. The molecule has 0 atom stereocenters. The molecule has 1 aromatic rings. The molecule has 3 heteroatoms. The SMILES string of the molecule is CCCCC1=Cc2cc(Br)cnc2NC1. The Morgan fingerprint density at radius 1 is 1.53 bits per heavy atom. The number of fused-ring (bicyclic) bond motifs is 1. The second-order valence-electron chi connectivity index (χ2n) is 3.85. The molecule has 0 spiro atoms. The first-order valence-corrected chi connectivity index (χ1v) is 6.17. The van der Waals surface area contributed by atoms with Gasteiger partial charge in [-0.2, -0.15) is 0 Å². The van der Waals surface area contributed by atoms with Gasteiger partial charge in [0.25, 0.3) is 0 Å².